The first-order valence-corrected chi connectivity index (χ1v) is 8.87. The predicted octanol–water partition coefficient (Wildman–Crippen LogP) is 3.66. The van der Waals surface area contributed by atoms with Gasteiger partial charge in [-0.05, 0) is 41.8 Å². The summed E-state index contributed by atoms with van der Waals surface area (Å²) in [5.41, 5.74) is 1.34. The van der Waals surface area contributed by atoms with Crippen molar-refractivity contribution in [1.29, 1.82) is 0 Å². The topological polar surface area (TPSA) is 66.8 Å². The number of hydrogen-bond donors (Lipinski definition) is 1. The van der Waals surface area contributed by atoms with Gasteiger partial charge in [0.05, 0.1) is 13.5 Å². The number of carboxylic acids is 1. The van der Waals surface area contributed by atoms with Crippen LogP contribution in [0.2, 0.25) is 0 Å². The third-order valence-corrected chi connectivity index (χ3v) is 4.39. The highest BCUT2D eigenvalue weighted by atomic mass is 19.2. The number of aliphatic carboxylic acids is 1. The van der Waals surface area contributed by atoms with E-state index in [2.05, 4.69) is 0 Å². The average Bonchev–Trinajstić information content (AvgIpc) is 2.67. The van der Waals surface area contributed by atoms with Crippen molar-refractivity contribution in [3.63, 3.8) is 0 Å². The largest absolute Gasteiger partial charge is 0.497 e. The molecule has 0 spiro atoms. The Kier molecular flexibility index (Phi) is 7.49. The molecule has 1 unspecified atom stereocenters. The number of carbonyl (C=O) groups excluding carboxylic acids is 1. The fourth-order valence-electron chi connectivity index (χ4n) is 2.87. The van der Waals surface area contributed by atoms with Gasteiger partial charge in [0, 0.05) is 19.0 Å². The number of hydrogen-bond acceptors (Lipinski definition) is 3. The molecule has 0 saturated heterocycles. The zero-order valence-corrected chi connectivity index (χ0v) is 15.8. The molecule has 0 radical (unpaired) electrons. The summed E-state index contributed by atoms with van der Waals surface area (Å²) in [6.45, 7) is 1.75. The maximum Gasteiger partial charge on any atom is 0.305 e. The van der Waals surface area contributed by atoms with Gasteiger partial charge in [0.25, 0.3) is 0 Å². The van der Waals surface area contributed by atoms with E-state index in [1.54, 1.807) is 26.2 Å². The van der Waals surface area contributed by atoms with Gasteiger partial charge in [-0.25, -0.2) is 8.78 Å². The SMILES string of the molecule is COc1ccc(CC(C)C(=O)N(CCC(=O)O)Cc2ccc(F)c(F)c2)cc1. The first kappa shape index (κ1) is 21.3. The molecule has 1 amide bonds. The van der Waals surface area contributed by atoms with E-state index < -0.39 is 23.5 Å². The van der Waals surface area contributed by atoms with Crippen molar-refractivity contribution in [1.82, 2.24) is 4.90 Å². The Labute approximate surface area is 162 Å². The molecule has 0 fully saturated rings. The number of carbonyl (C=O) groups is 2. The third-order valence-electron chi connectivity index (χ3n) is 4.39. The number of benzene rings is 2. The Morgan fingerprint density at radius 1 is 1.07 bits per heavy atom. The molecule has 0 aliphatic rings. The van der Waals surface area contributed by atoms with Crippen LogP contribution >= 0.6 is 0 Å². The minimum Gasteiger partial charge on any atom is -0.497 e. The average molecular weight is 391 g/mol. The molecule has 0 saturated carbocycles. The van der Waals surface area contributed by atoms with Gasteiger partial charge < -0.3 is 14.7 Å². The molecule has 0 aliphatic carbocycles. The van der Waals surface area contributed by atoms with Crippen molar-refractivity contribution in [2.75, 3.05) is 13.7 Å². The van der Waals surface area contributed by atoms with Gasteiger partial charge in [0.15, 0.2) is 11.6 Å². The van der Waals surface area contributed by atoms with E-state index in [-0.39, 0.29) is 25.4 Å². The summed E-state index contributed by atoms with van der Waals surface area (Å²) in [6.07, 6.45) is 0.231. The molecule has 0 aliphatic heterocycles. The van der Waals surface area contributed by atoms with Crippen molar-refractivity contribution in [3.05, 3.63) is 65.2 Å². The van der Waals surface area contributed by atoms with Gasteiger partial charge in [-0.15, -0.1) is 0 Å². The number of ether oxygens (including phenoxy) is 1. The molecule has 28 heavy (non-hydrogen) atoms. The summed E-state index contributed by atoms with van der Waals surface area (Å²) >= 11 is 0. The zero-order chi connectivity index (χ0) is 20.7. The van der Waals surface area contributed by atoms with Crippen LogP contribution in [0.5, 0.6) is 5.75 Å². The van der Waals surface area contributed by atoms with Crippen LogP contribution in [0.4, 0.5) is 8.78 Å². The predicted molar refractivity (Wildman–Crippen MR) is 99.9 cm³/mol. The summed E-state index contributed by atoms with van der Waals surface area (Å²) < 4.78 is 31.7. The number of rotatable bonds is 9. The Balaban J connectivity index is 2.11. The maximum absolute atomic E-state index is 13.5. The van der Waals surface area contributed by atoms with Crippen LogP contribution < -0.4 is 4.74 Å². The van der Waals surface area contributed by atoms with E-state index >= 15 is 0 Å². The Bertz CT molecular complexity index is 824. The van der Waals surface area contributed by atoms with E-state index in [0.717, 1.165) is 17.7 Å². The van der Waals surface area contributed by atoms with E-state index in [1.807, 2.05) is 12.1 Å². The van der Waals surface area contributed by atoms with Crippen LogP contribution in [0.25, 0.3) is 0 Å². The molecule has 1 atom stereocenters. The standard InChI is InChI=1S/C21H23F2NO4/c1-14(11-15-3-6-17(28-2)7-4-15)21(27)24(10-9-20(25)26)13-16-5-8-18(22)19(23)12-16/h3-8,12,14H,9-11,13H2,1-2H3,(H,25,26). The number of methoxy groups -OCH3 is 1. The maximum atomic E-state index is 13.5. The molecular weight excluding hydrogens is 368 g/mol. The van der Waals surface area contributed by atoms with Crippen molar-refractivity contribution in [2.45, 2.75) is 26.3 Å². The fraction of sp³-hybridized carbons (Fsp3) is 0.333. The van der Waals surface area contributed by atoms with Crippen molar-refractivity contribution in [2.24, 2.45) is 5.92 Å². The summed E-state index contributed by atoms with van der Waals surface area (Å²) in [4.78, 5) is 25.2. The lowest BCUT2D eigenvalue weighted by molar-refractivity contribution is -0.140. The Morgan fingerprint density at radius 3 is 2.29 bits per heavy atom. The Hall–Kier alpha value is -2.96. The summed E-state index contributed by atoms with van der Waals surface area (Å²) in [5.74, 6) is -2.96. The van der Waals surface area contributed by atoms with Crippen LogP contribution in [0, 0.1) is 17.6 Å². The summed E-state index contributed by atoms with van der Waals surface area (Å²) in [5, 5.41) is 8.95. The van der Waals surface area contributed by atoms with Crippen LogP contribution in [-0.2, 0) is 22.6 Å². The van der Waals surface area contributed by atoms with Crippen molar-refractivity contribution < 1.29 is 28.2 Å². The van der Waals surface area contributed by atoms with E-state index in [1.165, 1.54) is 11.0 Å². The molecule has 0 heterocycles. The first-order valence-electron chi connectivity index (χ1n) is 8.87. The zero-order valence-electron chi connectivity index (χ0n) is 15.8. The molecule has 7 heteroatoms. The van der Waals surface area contributed by atoms with Gasteiger partial charge in [-0.3, -0.25) is 9.59 Å². The van der Waals surface area contributed by atoms with Crippen LogP contribution in [-0.4, -0.2) is 35.5 Å². The molecule has 2 aromatic rings. The molecule has 5 nitrogen and oxygen atoms in total. The second-order valence-corrected chi connectivity index (χ2v) is 6.61. The van der Waals surface area contributed by atoms with E-state index in [9.17, 15) is 18.4 Å². The van der Waals surface area contributed by atoms with Gasteiger partial charge in [0.1, 0.15) is 5.75 Å². The molecule has 150 valence electrons. The molecular formula is C21H23F2NO4. The molecule has 0 aromatic heterocycles. The monoisotopic (exact) mass is 391 g/mol. The quantitative estimate of drug-likeness (QED) is 0.709. The number of halogens is 2. The lowest BCUT2D eigenvalue weighted by Gasteiger charge is -2.26. The van der Waals surface area contributed by atoms with Gasteiger partial charge in [-0.1, -0.05) is 25.1 Å². The smallest absolute Gasteiger partial charge is 0.305 e. The van der Waals surface area contributed by atoms with Crippen molar-refractivity contribution in [3.8, 4) is 5.75 Å². The summed E-state index contributed by atoms with van der Waals surface area (Å²) in [6, 6.07) is 10.7. The lowest BCUT2D eigenvalue weighted by Crippen LogP contribution is -2.37. The summed E-state index contributed by atoms with van der Waals surface area (Å²) in [7, 11) is 1.57. The van der Waals surface area contributed by atoms with Crippen LogP contribution in [0.15, 0.2) is 42.5 Å². The van der Waals surface area contributed by atoms with Gasteiger partial charge in [-0.2, -0.15) is 0 Å². The highest BCUT2D eigenvalue weighted by Crippen LogP contribution is 2.18. The highest BCUT2D eigenvalue weighted by Gasteiger charge is 2.22. The van der Waals surface area contributed by atoms with Crippen LogP contribution in [0.1, 0.15) is 24.5 Å². The van der Waals surface area contributed by atoms with Crippen molar-refractivity contribution >= 4 is 11.9 Å². The fourth-order valence-corrected chi connectivity index (χ4v) is 2.87. The van der Waals surface area contributed by atoms with Gasteiger partial charge in [0.2, 0.25) is 5.91 Å². The van der Waals surface area contributed by atoms with E-state index in [0.29, 0.717) is 17.7 Å². The number of nitrogens with zero attached hydrogens (tertiary/aromatic N) is 1. The minimum atomic E-state index is -1.04. The first-order chi connectivity index (χ1) is 13.3. The normalized spacial score (nSPS) is 11.7. The number of carboxylic acid groups (broad SMARTS) is 1. The molecule has 1 N–H and O–H groups in total. The minimum absolute atomic E-state index is 0.0102. The molecule has 2 aromatic carbocycles. The Morgan fingerprint density at radius 2 is 1.71 bits per heavy atom. The van der Waals surface area contributed by atoms with Gasteiger partial charge >= 0.3 is 5.97 Å². The van der Waals surface area contributed by atoms with E-state index in [4.69, 9.17) is 9.84 Å². The lowest BCUT2D eigenvalue weighted by atomic mass is 9.99. The second-order valence-electron chi connectivity index (χ2n) is 6.61. The van der Waals surface area contributed by atoms with Crippen LogP contribution in [0.3, 0.4) is 0 Å². The third kappa shape index (κ3) is 6.04. The molecule has 2 rings (SSSR count). The second kappa shape index (κ2) is 9.82. The molecule has 0 bridgehead atoms. The highest BCUT2D eigenvalue weighted by molar-refractivity contribution is 5.79. The number of amides is 1.